The lowest BCUT2D eigenvalue weighted by Crippen LogP contribution is -2.37. The van der Waals surface area contributed by atoms with Gasteiger partial charge in [-0.05, 0) is 68.6 Å². The number of aryl methyl sites for hydroxylation is 2. The van der Waals surface area contributed by atoms with Crippen molar-refractivity contribution in [3.63, 3.8) is 0 Å². The lowest BCUT2D eigenvalue weighted by atomic mass is 9.92. The predicted octanol–water partition coefficient (Wildman–Crippen LogP) is 6.20. The summed E-state index contributed by atoms with van der Waals surface area (Å²) in [7, 11) is 0. The first-order chi connectivity index (χ1) is 17.2. The highest BCUT2D eigenvalue weighted by Gasteiger charge is 2.52. The molecule has 2 N–H and O–H groups in total. The molecule has 0 bridgehead atoms. The van der Waals surface area contributed by atoms with Gasteiger partial charge in [0, 0.05) is 23.9 Å². The second-order valence-electron chi connectivity index (χ2n) is 9.94. The number of carbonyl (C=O) groups is 2. The number of likely N-dealkylation sites (tertiary alicyclic amines) is 1. The van der Waals surface area contributed by atoms with E-state index in [9.17, 15) is 23.5 Å². The van der Waals surface area contributed by atoms with E-state index in [1.54, 1.807) is 6.07 Å². The molecule has 0 saturated carbocycles. The molecule has 0 radical (unpaired) electrons. The number of thiophene rings is 1. The van der Waals surface area contributed by atoms with Crippen molar-refractivity contribution >= 4 is 23.2 Å². The predicted molar refractivity (Wildman–Crippen MR) is 138 cm³/mol. The number of alkyl halides is 2. The van der Waals surface area contributed by atoms with Crippen molar-refractivity contribution in [1.82, 2.24) is 4.90 Å². The van der Waals surface area contributed by atoms with Crippen LogP contribution < -0.4 is 0 Å². The van der Waals surface area contributed by atoms with Crippen LogP contribution in [0.5, 0.6) is 0 Å². The third kappa shape index (κ3) is 8.10. The van der Waals surface area contributed by atoms with E-state index in [2.05, 4.69) is 12.1 Å². The van der Waals surface area contributed by atoms with Gasteiger partial charge in [-0.3, -0.25) is 4.79 Å². The molecular formula is C28H37F2NO4S. The minimum atomic E-state index is -3.36. The Morgan fingerprint density at radius 3 is 2.53 bits per heavy atom. The number of carboxylic acid groups (broad SMARTS) is 1. The molecule has 1 aliphatic heterocycles. The minimum absolute atomic E-state index is 0.0787. The van der Waals surface area contributed by atoms with Crippen molar-refractivity contribution < 1.29 is 28.6 Å². The Morgan fingerprint density at radius 2 is 1.83 bits per heavy atom. The van der Waals surface area contributed by atoms with Crippen LogP contribution in [0.15, 0.2) is 42.5 Å². The van der Waals surface area contributed by atoms with Gasteiger partial charge in [0.2, 0.25) is 0 Å². The maximum absolute atomic E-state index is 14.2. The average molecular weight is 522 g/mol. The zero-order valence-electron chi connectivity index (χ0n) is 20.9. The molecular weight excluding hydrogens is 484 g/mol. The number of carboxylic acids is 1. The van der Waals surface area contributed by atoms with Gasteiger partial charge in [-0.2, -0.15) is 8.78 Å². The molecule has 1 saturated heterocycles. The summed E-state index contributed by atoms with van der Waals surface area (Å²) in [5.41, 5.74) is 1.33. The Balaban J connectivity index is 1.39. The first-order valence-electron chi connectivity index (χ1n) is 12.9. The van der Waals surface area contributed by atoms with E-state index in [1.807, 2.05) is 25.1 Å². The van der Waals surface area contributed by atoms with Crippen LogP contribution in [-0.2, 0) is 17.6 Å². The molecule has 2 heterocycles. The summed E-state index contributed by atoms with van der Waals surface area (Å²) < 4.78 is 28.4. The number of aliphatic hydroxyl groups excluding tert-OH is 1. The first kappa shape index (κ1) is 28.3. The molecule has 1 aliphatic rings. The van der Waals surface area contributed by atoms with Crippen LogP contribution >= 0.6 is 11.3 Å². The van der Waals surface area contributed by atoms with Crippen molar-refractivity contribution in [3.05, 3.63) is 57.8 Å². The van der Waals surface area contributed by atoms with Crippen LogP contribution in [0.3, 0.4) is 0 Å². The Kier molecular flexibility index (Phi) is 10.4. The maximum atomic E-state index is 14.2. The summed E-state index contributed by atoms with van der Waals surface area (Å²) in [4.78, 5) is 25.7. The van der Waals surface area contributed by atoms with E-state index in [0.29, 0.717) is 25.7 Å². The standard InChI is InChI=1S/C28H37F2NO4S/c1-20(9-4-2-5-10-21-11-6-3-7-12-21)24(32)16-14-22-19-28(29,30)27(35)31(22)18-8-13-23-15-17-25(36-23)26(33)34/h3,6-7,11-12,15,17,20,22,24,32H,2,4-5,8-10,13-14,16,18-19H2,1H3,(H,33,34)/t20-,22-,24+/m0/s1. The number of unbranched alkanes of at least 4 members (excludes halogenated alkanes) is 2. The van der Waals surface area contributed by atoms with E-state index in [4.69, 9.17) is 5.11 Å². The molecule has 3 rings (SSSR count). The second-order valence-corrected chi connectivity index (χ2v) is 11.1. The van der Waals surface area contributed by atoms with Crippen LogP contribution in [0.1, 0.15) is 78.4 Å². The Bertz CT molecular complexity index is 981. The number of rotatable bonds is 15. The minimum Gasteiger partial charge on any atom is -0.477 e. The molecule has 1 amide bonds. The number of amides is 1. The Labute approximate surface area is 216 Å². The van der Waals surface area contributed by atoms with Crippen molar-refractivity contribution in [3.8, 4) is 0 Å². The molecule has 5 nitrogen and oxygen atoms in total. The fourth-order valence-corrected chi connectivity index (χ4v) is 5.81. The van der Waals surface area contributed by atoms with Gasteiger partial charge >= 0.3 is 11.9 Å². The number of halogens is 2. The SMILES string of the molecule is C[C@@H](CCCCCc1ccccc1)[C@H](O)CC[C@H]1CC(F)(F)C(=O)N1CCCc1ccc(C(=O)O)s1. The molecule has 8 heteroatoms. The molecule has 0 unspecified atom stereocenters. The zero-order chi connectivity index (χ0) is 26.1. The van der Waals surface area contributed by atoms with Crippen LogP contribution in [0, 0.1) is 5.92 Å². The monoisotopic (exact) mass is 521 g/mol. The summed E-state index contributed by atoms with van der Waals surface area (Å²) in [6, 6.07) is 13.0. The van der Waals surface area contributed by atoms with Crippen molar-refractivity contribution in [2.75, 3.05) is 6.54 Å². The molecule has 2 aromatic rings. The van der Waals surface area contributed by atoms with Crippen LogP contribution in [0.4, 0.5) is 8.78 Å². The molecule has 1 aromatic heterocycles. The van der Waals surface area contributed by atoms with Crippen molar-refractivity contribution in [2.24, 2.45) is 5.92 Å². The number of aliphatic hydroxyl groups is 1. The highest BCUT2D eigenvalue weighted by Crippen LogP contribution is 2.36. The normalized spacial score (nSPS) is 18.9. The number of benzene rings is 1. The molecule has 0 aliphatic carbocycles. The number of hydrogen-bond donors (Lipinski definition) is 2. The quantitative estimate of drug-likeness (QED) is 0.274. The zero-order valence-corrected chi connectivity index (χ0v) is 21.7. The van der Waals surface area contributed by atoms with Gasteiger partial charge in [-0.1, -0.05) is 50.1 Å². The Morgan fingerprint density at radius 1 is 1.08 bits per heavy atom. The summed E-state index contributed by atoms with van der Waals surface area (Å²) in [5, 5.41) is 19.7. The highest BCUT2D eigenvalue weighted by molar-refractivity contribution is 7.13. The fourth-order valence-electron chi connectivity index (χ4n) is 4.92. The summed E-state index contributed by atoms with van der Waals surface area (Å²) in [5.74, 6) is -5.40. The number of aromatic carboxylic acids is 1. The summed E-state index contributed by atoms with van der Waals surface area (Å²) in [6.07, 6.45) is 5.81. The smallest absolute Gasteiger partial charge is 0.345 e. The van der Waals surface area contributed by atoms with E-state index in [1.165, 1.54) is 27.9 Å². The number of hydrogen-bond acceptors (Lipinski definition) is 4. The number of nitrogens with zero attached hydrogens (tertiary/aromatic N) is 1. The van der Waals surface area contributed by atoms with Gasteiger partial charge in [-0.15, -0.1) is 11.3 Å². The Hall–Kier alpha value is -2.32. The van der Waals surface area contributed by atoms with E-state index < -0.39 is 36.4 Å². The largest absolute Gasteiger partial charge is 0.477 e. The van der Waals surface area contributed by atoms with Gasteiger partial charge in [0.1, 0.15) is 4.88 Å². The van der Waals surface area contributed by atoms with Crippen molar-refractivity contribution in [2.45, 2.75) is 89.2 Å². The van der Waals surface area contributed by atoms with E-state index >= 15 is 0 Å². The van der Waals surface area contributed by atoms with Crippen LogP contribution in [-0.4, -0.2) is 51.6 Å². The molecule has 36 heavy (non-hydrogen) atoms. The fraction of sp³-hybridized carbons (Fsp3) is 0.571. The van der Waals surface area contributed by atoms with E-state index in [-0.39, 0.29) is 17.3 Å². The van der Waals surface area contributed by atoms with Gasteiger partial charge < -0.3 is 15.1 Å². The third-order valence-corrected chi connectivity index (χ3v) is 8.25. The topological polar surface area (TPSA) is 77.8 Å². The van der Waals surface area contributed by atoms with Gasteiger partial charge in [0.25, 0.3) is 5.91 Å². The highest BCUT2D eigenvalue weighted by atomic mass is 32.1. The van der Waals surface area contributed by atoms with Gasteiger partial charge in [0.05, 0.1) is 6.10 Å². The molecule has 198 valence electrons. The van der Waals surface area contributed by atoms with Gasteiger partial charge in [-0.25, -0.2) is 4.79 Å². The lowest BCUT2D eigenvalue weighted by Gasteiger charge is -2.26. The van der Waals surface area contributed by atoms with E-state index in [0.717, 1.165) is 37.0 Å². The average Bonchev–Trinajstić information content (AvgIpc) is 3.41. The van der Waals surface area contributed by atoms with Gasteiger partial charge in [0.15, 0.2) is 0 Å². The molecule has 1 aromatic carbocycles. The number of carbonyl (C=O) groups excluding carboxylic acids is 1. The summed E-state index contributed by atoms with van der Waals surface area (Å²) in [6.45, 7) is 2.20. The first-order valence-corrected chi connectivity index (χ1v) is 13.7. The molecule has 0 spiro atoms. The molecule has 3 atom stereocenters. The lowest BCUT2D eigenvalue weighted by molar-refractivity contribution is -0.148. The maximum Gasteiger partial charge on any atom is 0.345 e. The second kappa shape index (κ2) is 13.3. The summed E-state index contributed by atoms with van der Waals surface area (Å²) >= 11 is 1.17. The van der Waals surface area contributed by atoms with Crippen LogP contribution in [0.25, 0.3) is 0 Å². The van der Waals surface area contributed by atoms with Crippen molar-refractivity contribution in [1.29, 1.82) is 0 Å². The third-order valence-electron chi connectivity index (χ3n) is 7.12. The molecule has 1 fully saturated rings. The van der Waals surface area contributed by atoms with Crippen LogP contribution in [0.2, 0.25) is 0 Å².